The highest BCUT2D eigenvalue weighted by molar-refractivity contribution is 7.89. The number of nitrogens with zero attached hydrogens (tertiary/aromatic N) is 6. The second-order valence-electron chi connectivity index (χ2n) is 10.4. The third-order valence-electron chi connectivity index (χ3n) is 7.67. The molecule has 0 radical (unpaired) electrons. The van der Waals surface area contributed by atoms with Gasteiger partial charge in [0.1, 0.15) is 23.0 Å². The van der Waals surface area contributed by atoms with Crippen LogP contribution in [-0.4, -0.2) is 50.9 Å². The number of sulfonamides is 1. The number of aromatic nitrogens is 4. The van der Waals surface area contributed by atoms with Crippen molar-refractivity contribution in [1.29, 1.82) is 5.26 Å². The third kappa shape index (κ3) is 6.06. The predicted octanol–water partition coefficient (Wildman–Crippen LogP) is 4.91. The highest BCUT2D eigenvalue weighted by Crippen LogP contribution is 2.29. The maximum Gasteiger partial charge on any atom is 0.295 e. The molecule has 0 spiro atoms. The van der Waals surface area contributed by atoms with E-state index in [0.717, 1.165) is 5.69 Å². The Morgan fingerprint density at radius 2 is 1.61 bits per heavy atom. The van der Waals surface area contributed by atoms with Gasteiger partial charge in [-0.3, -0.25) is 14.3 Å². The van der Waals surface area contributed by atoms with Crippen LogP contribution in [0.3, 0.4) is 0 Å². The zero-order valence-electron chi connectivity index (χ0n) is 25.9. The average Bonchev–Trinajstić information content (AvgIpc) is 3.59. The molecule has 5 rings (SSSR count). The van der Waals surface area contributed by atoms with Crippen molar-refractivity contribution in [1.82, 2.24) is 23.4 Å². The summed E-state index contributed by atoms with van der Waals surface area (Å²) in [5.41, 5.74) is 2.43. The van der Waals surface area contributed by atoms with Gasteiger partial charge in [-0.1, -0.05) is 62.4 Å². The molecule has 3 aromatic carbocycles. The number of carbonyl (C=O) groups excluding carboxylic acids is 1. The summed E-state index contributed by atoms with van der Waals surface area (Å²) < 4.78 is 32.6. The molecular weight excluding hydrogens is 602 g/mol. The molecule has 1 amide bonds. The molecule has 0 aliphatic carbocycles. The van der Waals surface area contributed by atoms with Crippen LogP contribution in [0.2, 0.25) is 0 Å². The van der Waals surface area contributed by atoms with Crippen LogP contribution >= 0.6 is 0 Å². The smallest absolute Gasteiger partial charge is 0.295 e. The van der Waals surface area contributed by atoms with Crippen molar-refractivity contribution in [3.05, 3.63) is 118 Å². The first kappa shape index (κ1) is 31.9. The van der Waals surface area contributed by atoms with Crippen LogP contribution in [0.4, 0.5) is 5.69 Å². The van der Waals surface area contributed by atoms with Gasteiger partial charge < -0.3 is 5.32 Å². The zero-order chi connectivity index (χ0) is 33.0. The summed E-state index contributed by atoms with van der Waals surface area (Å²) in [5.74, 6) is -0.773. The van der Waals surface area contributed by atoms with E-state index in [-0.39, 0.29) is 16.2 Å². The summed E-state index contributed by atoms with van der Waals surface area (Å²) in [6, 6.07) is 26.6. The van der Waals surface area contributed by atoms with Crippen LogP contribution < -0.4 is 10.9 Å². The maximum atomic E-state index is 13.5. The predicted molar refractivity (Wildman–Crippen MR) is 177 cm³/mol. The van der Waals surface area contributed by atoms with Crippen molar-refractivity contribution in [2.45, 2.75) is 25.7 Å². The molecule has 2 aromatic heterocycles. The number of nitrogens with one attached hydrogen (secondary N) is 1. The molecule has 0 saturated heterocycles. The number of amides is 1. The van der Waals surface area contributed by atoms with Crippen LogP contribution in [0.15, 0.2) is 106 Å². The number of anilines is 1. The largest absolute Gasteiger partial charge is 0.315 e. The van der Waals surface area contributed by atoms with Crippen LogP contribution in [0.5, 0.6) is 0 Å². The molecular formula is C34H33N7O4S. The Bertz CT molecular complexity index is 2130. The van der Waals surface area contributed by atoms with E-state index >= 15 is 0 Å². The molecule has 0 fully saturated rings. The van der Waals surface area contributed by atoms with Crippen molar-refractivity contribution in [2.75, 3.05) is 18.4 Å². The second-order valence-corrected chi connectivity index (χ2v) is 12.3. The van der Waals surface area contributed by atoms with Gasteiger partial charge in [-0.2, -0.15) is 14.7 Å². The van der Waals surface area contributed by atoms with Crippen LogP contribution in [0, 0.1) is 18.3 Å². The Labute approximate surface area is 267 Å². The fourth-order valence-electron chi connectivity index (χ4n) is 5.14. The highest BCUT2D eigenvalue weighted by Gasteiger charge is 2.24. The van der Waals surface area contributed by atoms with Gasteiger partial charge in [-0.05, 0) is 49.4 Å². The van der Waals surface area contributed by atoms with E-state index in [9.17, 15) is 23.3 Å². The molecule has 46 heavy (non-hydrogen) atoms. The number of para-hydroxylation sites is 2. The first-order chi connectivity index (χ1) is 22.1. The lowest BCUT2D eigenvalue weighted by Gasteiger charge is -2.18. The quantitative estimate of drug-likeness (QED) is 0.171. The van der Waals surface area contributed by atoms with Gasteiger partial charge >= 0.3 is 0 Å². The normalized spacial score (nSPS) is 11.9. The van der Waals surface area contributed by atoms with Crippen LogP contribution in [-0.2, 0) is 21.9 Å². The fraction of sp³-hybridized carbons (Fsp3) is 0.176. The molecule has 2 heterocycles. The molecule has 1 N–H and O–H groups in total. The summed E-state index contributed by atoms with van der Waals surface area (Å²) in [6.45, 7) is 5.89. The summed E-state index contributed by atoms with van der Waals surface area (Å²) >= 11 is 0. The van der Waals surface area contributed by atoms with E-state index < -0.39 is 21.5 Å². The van der Waals surface area contributed by atoms with Crippen LogP contribution in [0.1, 0.15) is 25.1 Å². The molecule has 0 atom stereocenters. The topological polar surface area (TPSA) is 135 Å². The Kier molecular flexibility index (Phi) is 9.18. The van der Waals surface area contributed by atoms with Gasteiger partial charge in [0.05, 0.1) is 22.0 Å². The number of nitriles is 1. The average molecular weight is 636 g/mol. The SMILES string of the molecule is CCN(CC)S(=O)(=O)c1cccc(-c2nn(-c3ccccc3)cc2C=C(C#N)C(=O)Nc2c(C)n(C)n(-c3ccccc3)c2=O)c1. The zero-order valence-corrected chi connectivity index (χ0v) is 26.7. The molecule has 5 aromatic rings. The minimum absolute atomic E-state index is 0.0482. The number of rotatable bonds is 10. The molecule has 0 aliphatic rings. The van der Waals surface area contributed by atoms with E-state index in [0.29, 0.717) is 41.3 Å². The molecule has 0 aliphatic heterocycles. The van der Waals surface area contributed by atoms with Gasteiger partial charge in [-0.15, -0.1) is 0 Å². The highest BCUT2D eigenvalue weighted by atomic mass is 32.2. The van der Waals surface area contributed by atoms with E-state index in [2.05, 4.69) is 5.32 Å². The molecule has 0 bridgehead atoms. The first-order valence-electron chi connectivity index (χ1n) is 14.6. The van der Waals surface area contributed by atoms with E-state index in [1.54, 1.807) is 79.8 Å². The number of hydrogen-bond acceptors (Lipinski definition) is 6. The van der Waals surface area contributed by atoms with E-state index in [4.69, 9.17) is 5.10 Å². The van der Waals surface area contributed by atoms with Crippen molar-refractivity contribution in [2.24, 2.45) is 7.05 Å². The summed E-state index contributed by atoms with van der Waals surface area (Å²) in [4.78, 5) is 27.0. The standard InChI is InChI=1S/C34H33N7O4S/c1-5-39(6-2)46(44,45)30-19-13-14-25(21-30)32-27(23-40(37-32)28-15-9-7-10-16-28)20-26(22-35)33(42)36-31-24(3)38(4)41(34(31)43)29-17-11-8-12-18-29/h7-21,23H,5-6H2,1-4H3,(H,36,42). The second kappa shape index (κ2) is 13.2. The van der Waals surface area contributed by atoms with Crippen molar-refractivity contribution < 1.29 is 13.2 Å². The van der Waals surface area contributed by atoms with E-state index in [1.807, 2.05) is 42.5 Å². The lowest BCUT2D eigenvalue weighted by molar-refractivity contribution is -0.112. The molecule has 234 valence electrons. The molecule has 12 heteroatoms. The van der Waals surface area contributed by atoms with Crippen molar-refractivity contribution >= 4 is 27.7 Å². The lowest BCUT2D eigenvalue weighted by atomic mass is 10.1. The van der Waals surface area contributed by atoms with E-state index in [1.165, 1.54) is 27.2 Å². The van der Waals surface area contributed by atoms with Crippen molar-refractivity contribution in [3.63, 3.8) is 0 Å². The molecule has 0 unspecified atom stereocenters. The number of benzene rings is 3. The van der Waals surface area contributed by atoms with Crippen LogP contribution in [0.25, 0.3) is 28.7 Å². The molecule has 0 saturated carbocycles. The Morgan fingerprint density at radius 3 is 2.22 bits per heavy atom. The van der Waals surface area contributed by atoms with Gasteiger partial charge in [0.15, 0.2) is 0 Å². The number of hydrogen-bond donors (Lipinski definition) is 1. The Balaban J connectivity index is 1.58. The summed E-state index contributed by atoms with van der Waals surface area (Å²) in [7, 11) is -2.05. The minimum atomic E-state index is -3.76. The first-order valence-corrected chi connectivity index (χ1v) is 16.1. The minimum Gasteiger partial charge on any atom is -0.315 e. The summed E-state index contributed by atoms with van der Waals surface area (Å²) in [5, 5.41) is 17.5. The Morgan fingerprint density at radius 1 is 0.978 bits per heavy atom. The monoisotopic (exact) mass is 635 g/mol. The lowest BCUT2D eigenvalue weighted by Crippen LogP contribution is -2.30. The van der Waals surface area contributed by atoms with Gasteiger partial charge in [0.2, 0.25) is 10.0 Å². The number of carbonyl (C=O) groups is 1. The van der Waals surface area contributed by atoms with Gasteiger partial charge in [0, 0.05) is 37.5 Å². The molecule has 11 nitrogen and oxygen atoms in total. The Hall–Kier alpha value is -5.51. The maximum absolute atomic E-state index is 13.5. The summed E-state index contributed by atoms with van der Waals surface area (Å²) in [6.07, 6.45) is 3.05. The fourth-order valence-corrected chi connectivity index (χ4v) is 6.65. The third-order valence-corrected chi connectivity index (χ3v) is 9.72. The van der Waals surface area contributed by atoms with Gasteiger partial charge in [-0.25, -0.2) is 17.8 Å². The van der Waals surface area contributed by atoms with Crippen molar-refractivity contribution in [3.8, 4) is 28.7 Å². The van der Waals surface area contributed by atoms with Gasteiger partial charge in [0.25, 0.3) is 11.5 Å².